The second-order valence-corrected chi connectivity index (χ2v) is 7.25. The molecule has 2 aromatic rings. The molecule has 1 aromatic heterocycles. The van der Waals surface area contributed by atoms with Crippen molar-refractivity contribution in [2.24, 2.45) is 11.8 Å². The average molecular weight is 374 g/mol. The Morgan fingerprint density at radius 1 is 1.11 bits per heavy atom. The maximum Gasteiger partial charge on any atom is 0.159 e. The van der Waals surface area contributed by atoms with Crippen LogP contribution in [0.1, 0.15) is 35.0 Å². The van der Waals surface area contributed by atoms with Crippen LogP contribution in [0.3, 0.4) is 0 Å². The first kappa shape index (κ1) is 18.2. The molecule has 5 atom stereocenters. The Bertz CT molecular complexity index is 890. The van der Waals surface area contributed by atoms with Gasteiger partial charge in [-0.1, -0.05) is 18.2 Å². The lowest BCUT2D eigenvalue weighted by Crippen LogP contribution is -2.31. The van der Waals surface area contributed by atoms with Gasteiger partial charge in [-0.05, 0) is 36.5 Å². The fourth-order valence-corrected chi connectivity index (χ4v) is 4.15. The van der Waals surface area contributed by atoms with Crippen LogP contribution in [0.25, 0.3) is 6.08 Å². The molecule has 1 aromatic carbocycles. The van der Waals surface area contributed by atoms with Crippen LogP contribution >= 0.6 is 0 Å². The van der Waals surface area contributed by atoms with Gasteiger partial charge in [0.15, 0.2) is 11.6 Å². The van der Waals surface area contributed by atoms with E-state index in [0.717, 1.165) is 35.5 Å². The molecule has 2 aliphatic carbocycles. The van der Waals surface area contributed by atoms with Crippen LogP contribution in [0.5, 0.6) is 0 Å². The first-order valence-electron chi connectivity index (χ1n) is 8.94. The Labute approximate surface area is 155 Å². The number of hydrogen-bond acceptors (Lipinski definition) is 5. The van der Waals surface area contributed by atoms with Crippen LogP contribution in [0.2, 0.25) is 0 Å². The van der Waals surface area contributed by atoms with Crippen molar-refractivity contribution in [2.45, 2.75) is 37.6 Å². The number of halogens is 2. The Balaban J connectivity index is 1.53. The SMILES string of the molecule is O[C@H]1[C@H](Cc2ncnc3c2C=CC3)C[C@H]([C@@H](O)c2ccc(F)c(F)c2)[C@H]1O. The second kappa shape index (κ2) is 7.07. The minimum Gasteiger partial charge on any atom is -0.390 e. The van der Waals surface area contributed by atoms with Crippen LogP contribution < -0.4 is 0 Å². The largest absolute Gasteiger partial charge is 0.390 e. The first-order valence-corrected chi connectivity index (χ1v) is 8.94. The van der Waals surface area contributed by atoms with E-state index >= 15 is 0 Å². The summed E-state index contributed by atoms with van der Waals surface area (Å²) in [7, 11) is 0. The van der Waals surface area contributed by atoms with Gasteiger partial charge in [-0.2, -0.15) is 0 Å². The fraction of sp³-hybridized carbons (Fsp3) is 0.400. The quantitative estimate of drug-likeness (QED) is 0.762. The molecule has 0 unspecified atom stereocenters. The van der Waals surface area contributed by atoms with Gasteiger partial charge < -0.3 is 15.3 Å². The first-order chi connectivity index (χ1) is 13.0. The molecule has 0 amide bonds. The number of allylic oxidation sites excluding steroid dienone is 1. The van der Waals surface area contributed by atoms with Gasteiger partial charge in [0.1, 0.15) is 6.33 Å². The van der Waals surface area contributed by atoms with Crippen LogP contribution in [-0.2, 0) is 12.8 Å². The maximum atomic E-state index is 13.5. The van der Waals surface area contributed by atoms with E-state index in [9.17, 15) is 24.1 Å². The lowest BCUT2D eigenvalue weighted by Gasteiger charge is -2.22. The van der Waals surface area contributed by atoms with Gasteiger partial charge >= 0.3 is 0 Å². The predicted molar refractivity (Wildman–Crippen MR) is 93.4 cm³/mol. The normalized spacial score (nSPS) is 27.7. The third-order valence-corrected chi connectivity index (χ3v) is 5.64. The molecule has 5 nitrogen and oxygen atoms in total. The van der Waals surface area contributed by atoms with E-state index in [-0.39, 0.29) is 11.5 Å². The molecule has 0 aliphatic heterocycles. The number of aliphatic hydroxyl groups is 3. The summed E-state index contributed by atoms with van der Waals surface area (Å²) in [4.78, 5) is 8.55. The Hall–Kier alpha value is -2.22. The van der Waals surface area contributed by atoms with E-state index in [1.165, 1.54) is 12.4 Å². The standard InChI is InChI=1S/C20H20F2N2O3/c21-14-5-4-10(7-15(14)22)18(25)13-6-11(19(26)20(13)27)8-17-12-2-1-3-16(12)23-9-24-17/h1-2,4-5,7,9,11,13,18-20,25-27H,3,6,8H2/t11-,13+,18-,19-,20+/m0/s1. The van der Waals surface area contributed by atoms with Crippen molar-refractivity contribution in [1.29, 1.82) is 0 Å². The molecule has 1 heterocycles. The van der Waals surface area contributed by atoms with E-state index in [2.05, 4.69) is 9.97 Å². The molecule has 7 heteroatoms. The topological polar surface area (TPSA) is 86.5 Å². The molecule has 2 aliphatic rings. The molecule has 3 N–H and O–H groups in total. The minimum atomic E-state index is -1.20. The molecular formula is C20H20F2N2O3. The number of aliphatic hydroxyl groups excluding tert-OH is 3. The molecular weight excluding hydrogens is 354 g/mol. The highest BCUT2D eigenvalue weighted by Gasteiger charge is 2.45. The van der Waals surface area contributed by atoms with Gasteiger partial charge in [-0.25, -0.2) is 18.7 Å². The number of aromatic nitrogens is 2. The summed E-state index contributed by atoms with van der Waals surface area (Å²) in [5.41, 5.74) is 2.86. The van der Waals surface area contributed by atoms with Crippen molar-refractivity contribution in [3.8, 4) is 0 Å². The summed E-state index contributed by atoms with van der Waals surface area (Å²) < 4.78 is 26.6. The fourth-order valence-electron chi connectivity index (χ4n) is 4.15. The van der Waals surface area contributed by atoms with E-state index in [0.29, 0.717) is 12.8 Å². The number of benzene rings is 1. The molecule has 0 radical (unpaired) electrons. The van der Waals surface area contributed by atoms with E-state index < -0.39 is 35.9 Å². The summed E-state index contributed by atoms with van der Waals surface area (Å²) in [5, 5.41) is 31.5. The Morgan fingerprint density at radius 2 is 1.93 bits per heavy atom. The number of fused-ring (bicyclic) bond motifs is 1. The highest BCUT2D eigenvalue weighted by Crippen LogP contribution is 2.41. The number of rotatable bonds is 4. The second-order valence-electron chi connectivity index (χ2n) is 7.25. The van der Waals surface area contributed by atoms with Gasteiger partial charge in [0.25, 0.3) is 0 Å². The molecule has 0 bridgehead atoms. The summed E-state index contributed by atoms with van der Waals surface area (Å²) in [6, 6.07) is 3.16. The summed E-state index contributed by atoms with van der Waals surface area (Å²) >= 11 is 0. The summed E-state index contributed by atoms with van der Waals surface area (Å²) in [6.45, 7) is 0. The molecule has 142 valence electrons. The van der Waals surface area contributed by atoms with Gasteiger partial charge in [-0.15, -0.1) is 0 Å². The zero-order valence-electron chi connectivity index (χ0n) is 14.5. The van der Waals surface area contributed by atoms with Crippen molar-refractivity contribution in [2.75, 3.05) is 0 Å². The highest BCUT2D eigenvalue weighted by molar-refractivity contribution is 5.59. The molecule has 0 spiro atoms. The van der Waals surface area contributed by atoms with E-state index in [1.807, 2.05) is 12.2 Å². The van der Waals surface area contributed by atoms with Crippen LogP contribution in [0.15, 0.2) is 30.6 Å². The van der Waals surface area contributed by atoms with Gasteiger partial charge in [0, 0.05) is 17.9 Å². The van der Waals surface area contributed by atoms with Crippen LogP contribution in [0.4, 0.5) is 8.78 Å². The van der Waals surface area contributed by atoms with Crippen molar-refractivity contribution < 1.29 is 24.1 Å². The van der Waals surface area contributed by atoms with Crippen LogP contribution in [-0.4, -0.2) is 37.5 Å². The van der Waals surface area contributed by atoms with Gasteiger partial charge in [-0.3, -0.25) is 0 Å². The van der Waals surface area contributed by atoms with Crippen LogP contribution in [0, 0.1) is 23.5 Å². The number of nitrogens with zero attached hydrogens (tertiary/aromatic N) is 2. The third kappa shape index (κ3) is 3.26. The minimum absolute atomic E-state index is 0.177. The number of hydrogen-bond donors (Lipinski definition) is 3. The van der Waals surface area contributed by atoms with Crippen molar-refractivity contribution >= 4 is 6.08 Å². The zero-order valence-corrected chi connectivity index (χ0v) is 14.5. The Morgan fingerprint density at radius 3 is 2.70 bits per heavy atom. The molecule has 1 fully saturated rings. The van der Waals surface area contributed by atoms with Crippen molar-refractivity contribution in [1.82, 2.24) is 9.97 Å². The molecule has 1 saturated carbocycles. The highest BCUT2D eigenvalue weighted by atomic mass is 19.2. The average Bonchev–Trinajstić information content (AvgIpc) is 3.24. The monoisotopic (exact) mass is 374 g/mol. The smallest absolute Gasteiger partial charge is 0.159 e. The van der Waals surface area contributed by atoms with E-state index in [4.69, 9.17) is 0 Å². The summed E-state index contributed by atoms with van der Waals surface area (Å²) in [5.74, 6) is -3.04. The van der Waals surface area contributed by atoms with Gasteiger partial charge in [0.2, 0.25) is 0 Å². The maximum absolute atomic E-state index is 13.5. The van der Waals surface area contributed by atoms with E-state index in [1.54, 1.807) is 0 Å². The molecule has 27 heavy (non-hydrogen) atoms. The van der Waals surface area contributed by atoms with Crippen molar-refractivity contribution in [3.05, 3.63) is 64.8 Å². The summed E-state index contributed by atoms with van der Waals surface area (Å²) in [6.07, 6.45) is 3.57. The zero-order chi connectivity index (χ0) is 19.1. The third-order valence-electron chi connectivity index (χ3n) is 5.64. The van der Waals surface area contributed by atoms with Gasteiger partial charge in [0.05, 0.1) is 29.7 Å². The lowest BCUT2D eigenvalue weighted by atomic mass is 9.91. The van der Waals surface area contributed by atoms with Crippen molar-refractivity contribution in [3.63, 3.8) is 0 Å². The molecule has 4 rings (SSSR count). The lowest BCUT2D eigenvalue weighted by molar-refractivity contribution is -0.0278. The molecule has 0 saturated heterocycles. The predicted octanol–water partition coefficient (Wildman–Crippen LogP) is 1.96. The Kier molecular flexibility index (Phi) is 4.75.